The molecule has 0 aromatic heterocycles. The fourth-order valence-electron chi connectivity index (χ4n) is 1.04. The Bertz CT molecular complexity index is 176. The van der Waals surface area contributed by atoms with E-state index >= 15 is 0 Å². The van der Waals surface area contributed by atoms with Crippen molar-refractivity contribution < 1.29 is 53.5 Å². The predicted molar refractivity (Wildman–Crippen MR) is 68.8 cm³/mol. The normalized spacial score (nSPS) is 8.68. The number of carbonyl (C=O) groups is 2. The van der Waals surface area contributed by atoms with Crippen LogP contribution in [0.4, 0.5) is 0 Å². The summed E-state index contributed by atoms with van der Waals surface area (Å²) in [6.07, 6.45) is 6.07. The molecule has 0 radical (unpaired) electrons. The summed E-state index contributed by atoms with van der Waals surface area (Å²) >= 11 is 1.22. The van der Waals surface area contributed by atoms with Crippen molar-refractivity contribution >= 4 is 11.9 Å². The SMILES string of the molecule is CCCCCC(=O)[O-].CCCCCC(=O)[O-].C[CH2][La+2]. The average molecular weight is 398 g/mol. The van der Waals surface area contributed by atoms with Gasteiger partial charge >= 0.3 is 43.5 Å². The van der Waals surface area contributed by atoms with Crippen molar-refractivity contribution in [2.24, 2.45) is 0 Å². The van der Waals surface area contributed by atoms with Gasteiger partial charge in [-0.25, -0.2) is 0 Å². The van der Waals surface area contributed by atoms with Crippen LogP contribution in [0.5, 0.6) is 0 Å². The Kier molecular flexibility index (Phi) is 29.6. The first-order valence-corrected chi connectivity index (χ1v) is 9.62. The van der Waals surface area contributed by atoms with E-state index < -0.39 is 11.9 Å². The summed E-state index contributed by atoms with van der Waals surface area (Å²) in [7, 11) is 0. The summed E-state index contributed by atoms with van der Waals surface area (Å²) in [4.78, 5) is 19.5. The molecule has 4 nitrogen and oxygen atoms in total. The van der Waals surface area contributed by atoms with Crippen LogP contribution in [-0.4, -0.2) is 11.9 Å². The third kappa shape index (κ3) is 46.0. The molecule has 0 aromatic carbocycles. The summed E-state index contributed by atoms with van der Waals surface area (Å²) in [5.41, 5.74) is 0. The van der Waals surface area contributed by atoms with Crippen LogP contribution in [0.1, 0.15) is 72.1 Å². The molecule has 0 rings (SSSR count). The predicted octanol–water partition coefficient (Wildman–Crippen LogP) is 1.61. The second kappa shape index (κ2) is 23.2. The number of unbranched alkanes of at least 4 members (excludes halogenated alkanes) is 4. The molecular formula is C14H27LaO4. The molecule has 0 amide bonds. The molecule has 19 heavy (non-hydrogen) atoms. The third-order valence-electron chi connectivity index (χ3n) is 1.97. The molecule has 110 valence electrons. The van der Waals surface area contributed by atoms with Gasteiger partial charge in [0.1, 0.15) is 0 Å². The van der Waals surface area contributed by atoms with Gasteiger partial charge in [-0.1, -0.05) is 39.5 Å². The van der Waals surface area contributed by atoms with Crippen LogP contribution in [0.25, 0.3) is 0 Å². The van der Waals surface area contributed by atoms with Gasteiger partial charge in [-0.15, -0.1) is 0 Å². The van der Waals surface area contributed by atoms with E-state index in [0.29, 0.717) is 0 Å². The van der Waals surface area contributed by atoms with E-state index in [-0.39, 0.29) is 12.8 Å². The summed E-state index contributed by atoms with van der Waals surface area (Å²) in [5, 5.41) is 19.5. The van der Waals surface area contributed by atoms with Crippen LogP contribution < -0.4 is 10.2 Å². The van der Waals surface area contributed by atoms with E-state index in [1.807, 2.05) is 13.8 Å². The van der Waals surface area contributed by atoms with Crippen LogP contribution >= 0.6 is 0 Å². The monoisotopic (exact) mass is 398 g/mol. The Morgan fingerprint density at radius 3 is 1.21 bits per heavy atom. The average Bonchev–Trinajstić information content (AvgIpc) is 2.31. The van der Waals surface area contributed by atoms with Gasteiger partial charge in [0.25, 0.3) is 0 Å². The molecule has 0 fully saturated rings. The molecule has 0 saturated heterocycles. The van der Waals surface area contributed by atoms with E-state index in [1.54, 1.807) is 0 Å². The Labute approximate surface area is 140 Å². The van der Waals surface area contributed by atoms with Gasteiger partial charge in [0, 0.05) is 11.9 Å². The van der Waals surface area contributed by atoms with Gasteiger partial charge in [-0.05, 0) is 25.7 Å². The molecule has 0 aliphatic heterocycles. The van der Waals surface area contributed by atoms with Gasteiger partial charge < -0.3 is 19.8 Å². The molecule has 0 spiro atoms. The van der Waals surface area contributed by atoms with Gasteiger partial charge in [0.15, 0.2) is 0 Å². The van der Waals surface area contributed by atoms with E-state index in [4.69, 9.17) is 0 Å². The van der Waals surface area contributed by atoms with Crippen molar-refractivity contribution in [3.63, 3.8) is 0 Å². The van der Waals surface area contributed by atoms with Crippen molar-refractivity contribution in [3.05, 3.63) is 0 Å². The fraction of sp³-hybridized carbons (Fsp3) is 0.857. The van der Waals surface area contributed by atoms with Crippen molar-refractivity contribution in [2.45, 2.75) is 75.0 Å². The second-order valence-electron chi connectivity index (χ2n) is 4.07. The third-order valence-corrected chi connectivity index (χ3v) is 1.97. The fourth-order valence-corrected chi connectivity index (χ4v) is 1.04. The minimum absolute atomic E-state index is 0.216. The maximum absolute atomic E-state index is 9.76. The molecule has 0 atom stereocenters. The molecule has 5 heteroatoms. The Morgan fingerprint density at radius 2 is 1.05 bits per heavy atom. The van der Waals surface area contributed by atoms with Gasteiger partial charge in [0.05, 0.1) is 0 Å². The summed E-state index contributed by atoms with van der Waals surface area (Å²) in [6.45, 7) is 6.27. The van der Waals surface area contributed by atoms with Gasteiger partial charge in [-0.2, -0.15) is 0 Å². The van der Waals surface area contributed by atoms with Gasteiger partial charge in [0.2, 0.25) is 0 Å². The standard InChI is InChI=1S/2C6H12O2.C2H5.La/c2*1-2-3-4-5-6(7)8;1-2;/h2*2-5H2,1H3,(H,7,8);1H2,2H3;/q;;;+2/p-2. The van der Waals surface area contributed by atoms with Crippen LogP contribution in [0.15, 0.2) is 0 Å². The van der Waals surface area contributed by atoms with Crippen LogP contribution in [0, 0.1) is 33.7 Å². The first kappa shape index (κ1) is 24.2. The summed E-state index contributed by atoms with van der Waals surface area (Å²) < 4.78 is 1.42. The van der Waals surface area contributed by atoms with Crippen LogP contribution in [-0.2, 0) is 9.59 Å². The van der Waals surface area contributed by atoms with E-state index in [0.717, 1.165) is 38.5 Å². The molecule has 0 aliphatic carbocycles. The topological polar surface area (TPSA) is 80.3 Å². The Morgan fingerprint density at radius 1 is 0.789 bits per heavy atom. The number of aliphatic carboxylic acids is 2. The number of carboxylic acids is 2. The minimum atomic E-state index is -0.932. The summed E-state index contributed by atoms with van der Waals surface area (Å²) in [6, 6.07) is 0. The molecule has 0 aromatic rings. The zero-order valence-electron chi connectivity index (χ0n) is 12.6. The molecular weight excluding hydrogens is 371 g/mol. The first-order valence-electron chi connectivity index (χ1n) is 7.05. The van der Waals surface area contributed by atoms with E-state index in [2.05, 4.69) is 6.92 Å². The number of hydrogen-bond donors (Lipinski definition) is 0. The number of carboxylic acid groups (broad SMARTS) is 2. The van der Waals surface area contributed by atoms with Crippen LogP contribution in [0.2, 0.25) is 2.82 Å². The van der Waals surface area contributed by atoms with Crippen molar-refractivity contribution in [2.75, 3.05) is 0 Å². The van der Waals surface area contributed by atoms with Crippen molar-refractivity contribution in [1.29, 1.82) is 0 Å². The van der Waals surface area contributed by atoms with Crippen LogP contribution in [0.3, 0.4) is 0 Å². The Hall–Kier alpha value is 0.135. The first-order chi connectivity index (χ1) is 8.95. The number of carbonyl (C=O) groups excluding carboxylic acids is 2. The quantitative estimate of drug-likeness (QED) is 0.582. The molecule has 0 heterocycles. The van der Waals surface area contributed by atoms with E-state index in [1.165, 1.54) is 36.6 Å². The second-order valence-corrected chi connectivity index (χ2v) is 6.63. The zero-order chi connectivity index (χ0) is 15.5. The maximum atomic E-state index is 9.76. The van der Waals surface area contributed by atoms with Gasteiger partial charge in [-0.3, -0.25) is 0 Å². The number of rotatable bonds is 8. The molecule has 0 N–H and O–H groups in total. The zero-order valence-corrected chi connectivity index (χ0v) is 16.2. The van der Waals surface area contributed by atoms with E-state index in [9.17, 15) is 19.8 Å². The van der Waals surface area contributed by atoms with Crippen molar-refractivity contribution in [1.82, 2.24) is 0 Å². The Balaban J connectivity index is -0.000000224. The molecule has 0 unspecified atom stereocenters. The molecule has 0 bridgehead atoms. The molecule has 0 aliphatic rings. The molecule has 0 saturated carbocycles. The summed E-state index contributed by atoms with van der Waals surface area (Å²) in [5.74, 6) is -1.86. The number of hydrogen-bond acceptors (Lipinski definition) is 4. The van der Waals surface area contributed by atoms with Crippen molar-refractivity contribution in [3.8, 4) is 0 Å².